The van der Waals surface area contributed by atoms with Crippen molar-refractivity contribution >= 4 is 12.0 Å². The largest absolute Gasteiger partial charge is 0.481 e. The van der Waals surface area contributed by atoms with E-state index in [1.165, 1.54) is 4.90 Å². The average Bonchev–Trinajstić information content (AvgIpc) is 2.75. The molecule has 1 aromatic heterocycles. The van der Waals surface area contributed by atoms with Gasteiger partial charge in [-0.05, 0) is 13.8 Å². The lowest BCUT2D eigenvalue weighted by molar-refractivity contribution is -0.138. The molecule has 0 saturated carbocycles. The van der Waals surface area contributed by atoms with E-state index in [0.29, 0.717) is 25.3 Å². The monoisotopic (exact) mass is 283 g/mol. The smallest absolute Gasteiger partial charge is 0.317 e. The Morgan fingerprint density at radius 2 is 2.25 bits per heavy atom. The van der Waals surface area contributed by atoms with E-state index in [9.17, 15) is 9.59 Å². The molecule has 0 fully saturated rings. The number of carboxylic acids is 1. The van der Waals surface area contributed by atoms with Gasteiger partial charge in [0.15, 0.2) is 5.82 Å². The molecule has 112 valence electrons. The molecule has 0 aliphatic heterocycles. The molecule has 1 rings (SSSR count). The zero-order valence-electron chi connectivity index (χ0n) is 12.0. The van der Waals surface area contributed by atoms with Crippen LogP contribution in [0.5, 0.6) is 0 Å². The molecule has 0 aliphatic carbocycles. The van der Waals surface area contributed by atoms with Crippen LogP contribution < -0.4 is 5.32 Å². The van der Waals surface area contributed by atoms with Gasteiger partial charge in [0.1, 0.15) is 6.33 Å². The highest BCUT2D eigenvalue weighted by atomic mass is 16.4. The third-order valence-corrected chi connectivity index (χ3v) is 2.88. The molecule has 0 radical (unpaired) electrons. The quantitative estimate of drug-likeness (QED) is 0.747. The molecule has 20 heavy (non-hydrogen) atoms. The number of amides is 2. The number of nitrogens with zero attached hydrogens (tertiary/aromatic N) is 4. The van der Waals surface area contributed by atoms with Crippen molar-refractivity contribution in [1.82, 2.24) is 25.0 Å². The summed E-state index contributed by atoms with van der Waals surface area (Å²) in [5, 5.41) is 15.6. The molecule has 0 saturated heterocycles. The fraction of sp³-hybridized carbons (Fsp3) is 0.667. The van der Waals surface area contributed by atoms with Gasteiger partial charge in [0, 0.05) is 32.6 Å². The minimum atomic E-state index is -0.915. The molecule has 0 bridgehead atoms. The van der Waals surface area contributed by atoms with Crippen molar-refractivity contribution in [2.45, 2.75) is 32.7 Å². The van der Waals surface area contributed by atoms with Crippen LogP contribution >= 0.6 is 0 Å². The summed E-state index contributed by atoms with van der Waals surface area (Å²) in [6.07, 6.45) is 2.07. The van der Waals surface area contributed by atoms with Crippen LogP contribution in [-0.4, -0.2) is 55.9 Å². The molecule has 0 aromatic carbocycles. The number of hydrogen-bond acceptors (Lipinski definition) is 4. The number of carboxylic acid groups (broad SMARTS) is 1. The lowest BCUT2D eigenvalue weighted by atomic mass is 10.2. The minimum Gasteiger partial charge on any atom is -0.481 e. The third-order valence-electron chi connectivity index (χ3n) is 2.88. The first kappa shape index (κ1) is 15.9. The van der Waals surface area contributed by atoms with Gasteiger partial charge in [0.25, 0.3) is 0 Å². The van der Waals surface area contributed by atoms with E-state index >= 15 is 0 Å². The molecule has 8 nitrogen and oxygen atoms in total. The van der Waals surface area contributed by atoms with E-state index in [0.717, 1.165) is 0 Å². The van der Waals surface area contributed by atoms with Crippen LogP contribution in [0.1, 0.15) is 26.1 Å². The average molecular weight is 283 g/mol. The Labute approximate surface area is 117 Å². The molecule has 0 aliphatic rings. The zero-order chi connectivity index (χ0) is 15.1. The molecule has 1 atom stereocenters. The lowest BCUT2D eigenvalue weighted by Crippen LogP contribution is -2.46. The standard InChI is InChI=1S/C12H21N5O3/c1-4-17(9(2)7-11(18)19)12(20)13-6-5-10-14-8-16(3)15-10/h8-9H,4-7H2,1-3H3,(H,13,20)(H,18,19). The highest BCUT2D eigenvalue weighted by molar-refractivity contribution is 5.75. The highest BCUT2D eigenvalue weighted by Gasteiger charge is 2.20. The van der Waals surface area contributed by atoms with Gasteiger partial charge in [-0.1, -0.05) is 0 Å². The molecule has 8 heteroatoms. The van der Waals surface area contributed by atoms with Crippen molar-refractivity contribution in [1.29, 1.82) is 0 Å². The van der Waals surface area contributed by atoms with Gasteiger partial charge in [0.2, 0.25) is 0 Å². The SMILES string of the molecule is CCN(C(=O)NCCc1ncn(C)n1)C(C)CC(=O)O. The number of rotatable bonds is 7. The summed E-state index contributed by atoms with van der Waals surface area (Å²) in [4.78, 5) is 28.2. The van der Waals surface area contributed by atoms with Crippen LogP contribution in [0.2, 0.25) is 0 Å². The normalized spacial score (nSPS) is 11.9. The van der Waals surface area contributed by atoms with Crippen LogP contribution in [0.3, 0.4) is 0 Å². The van der Waals surface area contributed by atoms with E-state index in [-0.39, 0.29) is 18.5 Å². The number of aromatic nitrogens is 3. The molecule has 2 amide bonds. The first-order valence-electron chi connectivity index (χ1n) is 6.54. The van der Waals surface area contributed by atoms with Crippen molar-refractivity contribution in [2.75, 3.05) is 13.1 Å². The Bertz CT molecular complexity index is 460. The number of urea groups is 1. The molecular formula is C12H21N5O3. The Hall–Kier alpha value is -2.12. The number of aryl methyl sites for hydroxylation is 1. The van der Waals surface area contributed by atoms with Crippen LogP contribution in [0.15, 0.2) is 6.33 Å². The van der Waals surface area contributed by atoms with E-state index in [1.54, 1.807) is 25.0 Å². The van der Waals surface area contributed by atoms with Gasteiger partial charge in [-0.25, -0.2) is 9.78 Å². The van der Waals surface area contributed by atoms with Gasteiger partial charge < -0.3 is 15.3 Å². The topological polar surface area (TPSA) is 100 Å². The molecule has 1 unspecified atom stereocenters. The summed E-state index contributed by atoms with van der Waals surface area (Å²) < 4.78 is 1.60. The molecular weight excluding hydrogens is 262 g/mol. The Balaban J connectivity index is 2.41. The van der Waals surface area contributed by atoms with Crippen LogP contribution in [-0.2, 0) is 18.3 Å². The number of carbonyl (C=O) groups is 2. The van der Waals surface area contributed by atoms with Gasteiger partial charge in [-0.3, -0.25) is 9.48 Å². The maximum Gasteiger partial charge on any atom is 0.317 e. The van der Waals surface area contributed by atoms with Crippen molar-refractivity contribution in [3.8, 4) is 0 Å². The number of aliphatic carboxylic acids is 1. The van der Waals surface area contributed by atoms with E-state index < -0.39 is 5.97 Å². The first-order chi connectivity index (χ1) is 9.43. The predicted molar refractivity (Wildman–Crippen MR) is 72.2 cm³/mol. The van der Waals surface area contributed by atoms with Gasteiger partial charge in [-0.2, -0.15) is 5.10 Å². The van der Waals surface area contributed by atoms with Crippen molar-refractivity contribution in [3.05, 3.63) is 12.2 Å². The van der Waals surface area contributed by atoms with Crippen molar-refractivity contribution in [2.24, 2.45) is 7.05 Å². The first-order valence-corrected chi connectivity index (χ1v) is 6.54. The fourth-order valence-electron chi connectivity index (χ4n) is 1.90. The zero-order valence-corrected chi connectivity index (χ0v) is 12.0. The minimum absolute atomic E-state index is 0.0664. The molecule has 1 aromatic rings. The van der Waals surface area contributed by atoms with E-state index in [2.05, 4.69) is 15.4 Å². The second-order valence-corrected chi connectivity index (χ2v) is 4.55. The highest BCUT2D eigenvalue weighted by Crippen LogP contribution is 2.04. The summed E-state index contributed by atoms with van der Waals surface area (Å²) in [6.45, 7) is 4.41. The predicted octanol–water partition coefficient (Wildman–Crippen LogP) is 0.252. The molecule has 1 heterocycles. The molecule has 2 N–H and O–H groups in total. The summed E-state index contributed by atoms with van der Waals surface area (Å²) in [5.74, 6) is -0.254. The van der Waals surface area contributed by atoms with Crippen LogP contribution in [0.4, 0.5) is 4.79 Å². The summed E-state index contributed by atoms with van der Waals surface area (Å²) in [7, 11) is 1.78. The van der Waals surface area contributed by atoms with Gasteiger partial charge >= 0.3 is 12.0 Å². The maximum atomic E-state index is 12.0. The number of nitrogens with one attached hydrogen (secondary N) is 1. The Morgan fingerprint density at radius 3 is 2.75 bits per heavy atom. The Kier molecular flexibility index (Phi) is 5.95. The second kappa shape index (κ2) is 7.46. The molecule has 0 spiro atoms. The summed E-state index contributed by atoms with van der Waals surface area (Å²) in [5.41, 5.74) is 0. The van der Waals surface area contributed by atoms with E-state index in [1.807, 2.05) is 6.92 Å². The third kappa shape index (κ3) is 4.87. The Morgan fingerprint density at radius 1 is 1.55 bits per heavy atom. The second-order valence-electron chi connectivity index (χ2n) is 4.55. The number of hydrogen-bond donors (Lipinski definition) is 2. The fourth-order valence-corrected chi connectivity index (χ4v) is 1.90. The number of carbonyl (C=O) groups excluding carboxylic acids is 1. The van der Waals surface area contributed by atoms with Gasteiger partial charge in [-0.15, -0.1) is 0 Å². The van der Waals surface area contributed by atoms with Crippen LogP contribution in [0, 0.1) is 0 Å². The van der Waals surface area contributed by atoms with E-state index in [4.69, 9.17) is 5.11 Å². The summed E-state index contributed by atoms with van der Waals surface area (Å²) >= 11 is 0. The van der Waals surface area contributed by atoms with Gasteiger partial charge in [0.05, 0.1) is 6.42 Å². The van der Waals surface area contributed by atoms with Crippen molar-refractivity contribution < 1.29 is 14.7 Å². The maximum absolute atomic E-state index is 12.0. The lowest BCUT2D eigenvalue weighted by Gasteiger charge is -2.27. The summed E-state index contributed by atoms with van der Waals surface area (Å²) in [6, 6.07) is -0.609. The van der Waals surface area contributed by atoms with Crippen molar-refractivity contribution in [3.63, 3.8) is 0 Å². The van der Waals surface area contributed by atoms with Crippen LogP contribution in [0.25, 0.3) is 0 Å².